The summed E-state index contributed by atoms with van der Waals surface area (Å²) in [5, 5.41) is 4.83. The molecule has 5 aromatic rings. The van der Waals surface area contributed by atoms with Gasteiger partial charge in [-0.2, -0.15) is 14.7 Å². The molecule has 5 rings (SSSR count). The Hall–Kier alpha value is -3.27. The Labute approximate surface area is 346 Å². The molecule has 0 amide bonds. The van der Waals surface area contributed by atoms with E-state index in [0.29, 0.717) is 5.56 Å². The summed E-state index contributed by atoms with van der Waals surface area (Å²) in [6.07, 6.45) is 0. The minimum Gasteiger partial charge on any atom is -0.377 e. The minimum atomic E-state index is -4.56. The molecular weight excluding hydrogens is 718 g/mol. The van der Waals surface area contributed by atoms with E-state index in [-0.39, 0.29) is 37.8 Å². The third-order valence-corrected chi connectivity index (χ3v) is 12.7. The van der Waals surface area contributed by atoms with E-state index < -0.39 is 7.94 Å². The van der Waals surface area contributed by atoms with E-state index in [1.807, 2.05) is 20.2 Å². The minimum absolute atomic E-state index is 0.0379. The smallest absolute Gasteiger partial charge is 0.377 e. The molecule has 0 radical (unpaired) electrons. The van der Waals surface area contributed by atoms with Crippen LogP contribution < -0.4 is 10.2 Å². The van der Waals surface area contributed by atoms with Gasteiger partial charge in [0, 0.05) is 30.9 Å². The second-order valence-electron chi connectivity index (χ2n) is 23.1. The molecular formula is C52H73NO3P+. The van der Waals surface area contributed by atoms with Crippen molar-refractivity contribution in [2.75, 3.05) is 19.0 Å². The van der Waals surface area contributed by atoms with Gasteiger partial charge >= 0.3 is 7.94 Å². The molecule has 0 atom stereocenters. The molecule has 0 heterocycles. The lowest BCUT2D eigenvalue weighted by Crippen LogP contribution is -2.22. The van der Waals surface area contributed by atoms with Crippen molar-refractivity contribution >= 4 is 40.5 Å². The molecule has 0 fully saturated rings. The molecule has 0 unspecified atom stereocenters. The highest BCUT2D eigenvalue weighted by Gasteiger charge is 2.42. The molecule has 0 saturated carbocycles. The highest BCUT2D eigenvalue weighted by molar-refractivity contribution is 7.67. The molecule has 0 aromatic heterocycles. The quantitative estimate of drug-likeness (QED) is 0.159. The van der Waals surface area contributed by atoms with Crippen LogP contribution in [-0.4, -0.2) is 28.8 Å². The largest absolute Gasteiger partial charge is 0.441 e. The van der Waals surface area contributed by atoms with Gasteiger partial charge < -0.3 is 4.90 Å². The standard InChI is InChI=1S/C52H73NO3P/c1-47(2,3)33-23-31-25-39(49(7,8)9)37(29-35(31)41(27-33)51(13,14)15)45-43(53(19)20)21-22-44(57(54,55)56)46(45)38-30-36-32(26-40(38)50(10,11)12)24-34(48(4,5)6)28-42(36)52(16,17)18/h21-30,54-56H,1-20H3/q+1. The predicted octanol–water partition coefficient (Wildman–Crippen LogP) is 13.5. The molecule has 0 spiro atoms. The van der Waals surface area contributed by atoms with Gasteiger partial charge in [-0.1, -0.05) is 149 Å². The molecule has 57 heavy (non-hydrogen) atoms. The molecule has 0 aliphatic carbocycles. The van der Waals surface area contributed by atoms with Gasteiger partial charge in [-0.15, -0.1) is 0 Å². The number of rotatable bonds is 4. The van der Waals surface area contributed by atoms with Crippen LogP contribution in [-0.2, 0) is 32.5 Å². The number of anilines is 1. The normalized spacial score (nSPS) is 13.9. The summed E-state index contributed by atoms with van der Waals surface area (Å²) in [5.41, 5.74) is 10.7. The van der Waals surface area contributed by atoms with Crippen LogP contribution in [0.2, 0.25) is 0 Å². The van der Waals surface area contributed by atoms with Crippen molar-refractivity contribution in [2.24, 2.45) is 0 Å². The van der Waals surface area contributed by atoms with E-state index in [2.05, 4.69) is 178 Å². The van der Waals surface area contributed by atoms with Gasteiger partial charge in [0.2, 0.25) is 0 Å². The number of fused-ring (bicyclic) bond motifs is 2. The number of hydrogen-bond donors (Lipinski definition) is 3. The zero-order valence-corrected chi connectivity index (χ0v) is 39.9. The fraction of sp³-hybridized carbons (Fsp3) is 0.500. The summed E-state index contributed by atoms with van der Waals surface area (Å²) in [6.45, 7) is 40.7. The zero-order valence-electron chi connectivity index (χ0n) is 39.0. The maximum Gasteiger partial charge on any atom is 0.441 e. The first kappa shape index (κ1) is 44.8. The van der Waals surface area contributed by atoms with Crippen molar-refractivity contribution in [2.45, 2.75) is 157 Å². The van der Waals surface area contributed by atoms with Crippen molar-refractivity contribution < 1.29 is 14.7 Å². The Morgan fingerprint density at radius 3 is 1.05 bits per heavy atom. The van der Waals surface area contributed by atoms with E-state index in [1.165, 1.54) is 33.0 Å². The Kier molecular flexibility index (Phi) is 11.2. The SMILES string of the molecule is CN(C)c1ccc([P+](O)(O)O)c(-c2cc3c(C(C)(C)C)cc(C(C)(C)C)cc3cc2C(C)(C)C)c1-c1cc2c(C(C)(C)C)cc(C(C)(C)C)cc2cc1C(C)(C)C. The van der Waals surface area contributed by atoms with E-state index in [1.54, 1.807) is 6.07 Å². The molecule has 5 aromatic carbocycles. The van der Waals surface area contributed by atoms with Gasteiger partial charge in [0.05, 0.1) is 0 Å². The van der Waals surface area contributed by atoms with E-state index in [4.69, 9.17) is 0 Å². The van der Waals surface area contributed by atoms with Crippen LogP contribution in [0.5, 0.6) is 0 Å². The van der Waals surface area contributed by atoms with Crippen LogP contribution in [0, 0.1) is 0 Å². The lowest BCUT2D eigenvalue weighted by atomic mass is 9.73. The third-order valence-electron chi connectivity index (χ3n) is 11.7. The predicted molar refractivity (Wildman–Crippen MR) is 252 cm³/mol. The van der Waals surface area contributed by atoms with Gasteiger partial charge in [-0.25, -0.2) is 0 Å². The first-order valence-corrected chi connectivity index (χ1v) is 22.4. The summed E-state index contributed by atoms with van der Waals surface area (Å²) in [4.78, 5) is 36.7. The van der Waals surface area contributed by atoms with Gasteiger partial charge in [0.15, 0.2) is 5.30 Å². The molecule has 5 heteroatoms. The van der Waals surface area contributed by atoms with Gasteiger partial charge in [-0.3, -0.25) is 0 Å². The molecule has 0 saturated heterocycles. The Bertz CT molecular complexity index is 2350. The molecule has 3 N–H and O–H groups in total. The lowest BCUT2D eigenvalue weighted by molar-refractivity contribution is 0.347. The summed E-state index contributed by atoms with van der Waals surface area (Å²) in [5.74, 6) is 0. The highest BCUT2D eigenvalue weighted by atomic mass is 31.2. The van der Waals surface area contributed by atoms with Crippen LogP contribution in [0.25, 0.3) is 43.8 Å². The van der Waals surface area contributed by atoms with Crippen LogP contribution in [0.3, 0.4) is 0 Å². The number of benzene rings is 5. The van der Waals surface area contributed by atoms with E-state index in [9.17, 15) is 14.7 Å². The van der Waals surface area contributed by atoms with Gasteiger partial charge in [-0.05, 0) is 135 Å². The summed E-state index contributed by atoms with van der Waals surface area (Å²) in [7, 11) is -0.463. The van der Waals surface area contributed by atoms with Crippen LogP contribution >= 0.6 is 7.94 Å². The van der Waals surface area contributed by atoms with E-state index >= 15 is 0 Å². The van der Waals surface area contributed by atoms with Crippen molar-refractivity contribution in [3.63, 3.8) is 0 Å². The molecule has 0 aliphatic rings. The monoisotopic (exact) mass is 791 g/mol. The van der Waals surface area contributed by atoms with Crippen LogP contribution in [0.4, 0.5) is 5.69 Å². The van der Waals surface area contributed by atoms with Crippen molar-refractivity contribution in [3.8, 4) is 22.3 Å². The molecule has 308 valence electrons. The fourth-order valence-corrected chi connectivity index (χ4v) is 9.14. The number of nitrogens with zero attached hydrogens (tertiary/aromatic N) is 1. The summed E-state index contributed by atoms with van der Waals surface area (Å²) in [6, 6.07) is 22.5. The van der Waals surface area contributed by atoms with Crippen molar-refractivity contribution in [3.05, 3.63) is 94.0 Å². The van der Waals surface area contributed by atoms with Crippen LogP contribution in [0.1, 0.15) is 158 Å². The van der Waals surface area contributed by atoms with Gasteiger partial charge in [0.25, 0.3) is 0 Å². The Balaban J connectivity index is 2.15. The third kappa shape index (κ3) is 8.86. The maximum absolute atomic E-state index is 11.5. The second-order valence-corrected chi connectivity index (χ2v) is 24.7. The molecule has 0 aliphatic heterocycles. The fourth-order valence-electron chi connectivity index (χ4n) is 8.33. The average molecular weight is 791 g/mol. The van der Waals surface area contributed by atoms with Gasteiger partial charge in [0.1, 0.15) is 0 Å². The number of hydrogen-bond acceptors (Lipinski definition) is 4. The maximum atomic E-state index is 11.5. The van der Waals surface area contributed by atoms with Crippen LogP contribution in [0.15, 0.2) is 60.7 Å². The zero-order chi connectivity index (χ0) is 43.4. The molecule has 0 bridgehead atoms. The summed E-state index contributed by atoms with van der Waals surface area (Å²) >= 11 is 0. The highest BCUT2D eigenvalue weighted by Crippen LogP contribution is 2.54. The second kappa shape index (κ2) is 14.2. The van der Waals surface area contributed by atoms with Crippen molar-refractivity contribution in [1.82, 2.24) is 0 Å². The lowest BCUT2D eigenvalue weighted by Gasteiger charge is -2.33. The van der Waals surface area contributed by atoms with E-state index in [0.717, 1.165) is 44.3 Å². The first-order chi connectivity index (χ1) is 25.5. The first-order valence-electron chi connectivity index (χ1n) is 20.7. The topological polar surface area (TPSA) is 63.9 Å². The summed E-state index contributed by atoms with van der Waals surface area (Å²) < 4.78 is 0. The average Bonchev–Trinajstić information content (AvgIpc) is 3.02. The Morgan fingerprint density at radius 2 is 0.754 bits per heavy atom. The van der Waals surface area contributed by atoms with Crippen molar-refractivity contribution in [1.29, 1.82) is 0 Å². The Morgan fingerprint density at radius 1 is 0.404 bits per heavy atom. The molecule has 4 nitrogen and oxygen atoms in total.